The predicted molar refractivity (Wildman–Crippen MR) is 71.8 cm³/mol. The Balaban J connectivity index is 2.47. The van der Waals surface area contributed by atoms with Crippen LogP contribution in [0.4, 0.5) is 4.39 Å². The number of methoxy groups -OCH3 is 2. The molecule has 1 saturated heterocycles. The van der Waals surface area contributed by atoms with Gasteiger partial charge in [-0.2, -0.15) is 0 Å². The second kappa shape index (κ2) is 5.89. The largest absolute Gasteiger partial charge is 0.492 e. The number of halogens is 2. The topological polar surface area (TPSA) is 30.5 Å². The molecular formula is C13H17BrFNO2. The molecule has 1 N–H and O–H groups in total. The van der Waals surface area contributed by atoms with Gasteiger partial charge in [0, 0.05) is 11.6 Å². The number of hydrogen-bond donors (Lipinski definition) is 1. The molecule has 1 aliphatic rings. The average Bonchev–Trinajstić information content (AvgIpc) is 2.42. The van der Waals surface area contributed by atoms with Crippen LogP contribution in [0.5, 0.6) is 11.5 Å². The molecule has 1 fully saturated rings. The fourth-order valence-electron chi connectivity index (χ4n) is 2.37. The van der Waals surface area contributed by atoms with E-state index in [2.05, 4.69) is 21.2 Å². The summed E-state index contributed by atoms with van der Waals surface area (Å²) in [5, 5.41) is 3.43. The molecule has 0 bridgehead atoms. The molecular weight excluding hydrogens is 301 g/mol. The molecule has 0 saturated carbocycles. The quantitative estimate of drug-likeness (QED) is 0.926. The standard InChI is InChI=1S/C13H17BrFNO2/c1-17-12-8(10-5-3-4-6-16-10)7-9(14)11(15)13(12)18-2/h7,10,16H,3-6H2,1-2H3. The summed E-state index contributed by atoms with van der Waals surface area (Å²) in [7, 11) is 2.99. The van der Waals surface area contributed by atoms with Crippen molar-refractivity contribution in [3.8, 4) is 11.5 Å². The third-order valence-electron chi connectivity index (χ3n) is 3.25. The zero-order valence-electron chi connectivity index (χ0n) is 10.6. The number of nitrogens with one attached hydrogen (secondary N) is 1. The molecule has 0 spiro atoms. The summed E-state index contributed by atoms with van der Waals surface area (Å²) in [6, 6.07) is 1.97. The Morgan fingerprint density at radius 1 is 1.28 bits per heavy atom. The smallest absolute Gasteiger partial charge is 0.198 e. The molecule has 100 valence electrons. The monoisotopic (exact) mass is 317 g/mol. The zero-order valence-corrected chi connectivity index (χ0v) is 12.1. The molecule has 1 aliphatic heterocycles. The van der Waals surface area contributed by atoms with Crippen molar-refractivity contribution < 1.29 is 13.9 Å². The molecule has 1 aromatic rings. The molecule has 18 heavy (non-hydrogen) atoms. The highest BCUT2D eigenvalue weighted by Gasteiger charge is 2.25. The van der Waals surface area contributed by atoms with Crippen molar-refractivity contribution in [2.45, 2.75) is 25.3 Å². The second-order valence-electron chi connectivity index (χ2n) is 4.33. The van der Waals surface area contributed by atoms with E-state index in [0.29, 0.717) is 10.2 Å². The lowest BCUT2D eigenvalue weighted by Gasteiger charge is -2.26. The highest BCUT2D eigenvalue weighted by molar-refractivity contribution is 9.10. The molecule has 1 heterocycles. The first-order valence-electron chi connectivity index (χ1n) is 6.02. The van der Waals surface area contributed by atoms with Crippen LogP contribution in [0.25, 0.3) is 0 Å². The van der Waals surface area contributed by atoms with Gasteiger partial charge in [0.25, 0.3) is 0 Å². The Bertz CT molecular complexity index is 433. The summed E-state index contributed by atoms with van der Waals surface area (Å²) in [4.78, 5) is 0. The fraction of sp³-hybridized carbons (Fsp3) is 0.538. The van der Waals surface area contributed by atoms with E-state index in [1.54, 1.807) is 6.07 Å². The summed E-state index contributed by atoms with van der Waals surface area (Å²) >= 11 is 3.23. The maximum Gasteiger partial charge on any atom is 0.198 e. The van der Waals surface area contributed by atoms with Gasteiger partial charge in [0.05, 0.1) is 18.7 Å². The molecule has 0 radical (unpaired) electrons. The van der Waals surface area contributed by atoms with E-state index in [9.17, 15) is 4.39 Å². The van der Waals surface area contributed by atoms with Crippen LogP contribution in [0.1, 0.15) is 30.9 Å². The summed E-state index contributed by atoms with van der Waals surface area (Å²) in [6.07, 6.45) is 3.37. The van der Waals surface area contributed by atoms with Gasteiger partial charge in [-0.15, -0.1) is 0 Å². The van der Waals surface area contributed by atoms with Crippen LogP contribution in [0.3, 0.4) is 0 Å². The molecule has 5 heteroatoms. The molecule has 1 aromatic carbocycles. The van der Waals surface area contributed by atoms with Gasteiger partial charge in [0.1, 0.15) is 0 Å². The fourth-order valence-corrected chi connectivity index (χ4v) is 2.80. The van der Waals surface area contributed by atoms with Gasteiger partial charge in [-0.3, -0.25) is 0 Å². The van der Waals surface area contributed by atoms with Crippen LogP contribution in [0.15, 0.2) is 10.5 Å². The van der Waals surface area contributed by atoms with Crippen molar-refractivity contribution in [2.75, 3.05) is 20.8 Å². The van der Waals surface area contributed by atoms with Gasteiger partial charge in [0.2, 0.25) is 0 Å². The average molecular weight is 318 g/mol. The lowest BCUT2D eigenvalue weighted by molar-refractivity contribution is 0.323. The normalized spacial score (nSPS) is 19.7. The van der Waals surface area contributed by atoms with Crippen LogP contribution in [0.2, 0.25) is 0 Å². The van der Waals surface area contributed by atoms with E-state index in [4.69, 9.17) is 9.47 Å². The molecule has 2 rings (SSSR count). The van der Waals surface area contributed by atoms with Crippen LogP contribution in [0, 0.1) is 5.82 Å². The maximum absolute atomic E-state index is 13.9. The molecule has 1 unspecified atom stereocenters. The van der Waals surface area contributed by atoms with Crippen molar-refractivity contribution >= 4 is 15.9 Å². The number of benzene rings is 1. The first-order valence-corrected chi connectivity index (χ1v) is 6.81. The van der Waals surface area contributed by atoms with Crippen LogP contribution in [-0.2, 0) is 0 Å². The van der Waals surface area contributed by atoms with Gasteiger partial charge >= 0.3 is 0 Å². The highest BCUT2D eigenvalue weighted by Crippen LogP contribution is 2.42. The Hall–Kier alpha value is -0.810. The van der Waals surface area contributed by atoms with Crippen molar-refractivity contribution in [3.05, 3.63) is 21.9 Å². The highest BCUT2D eigenvalue weighted by atomic mass is 79.9. The summed E-state index contributed by atoms with van der Waals surface area (Å²) < 4.78 is 24.8. The van der Waals surface area contributed by atoms with Gasteiger partial charge in [-0.25, -0.2) is 4.39 Å². The van der Waals surface area contributed by atoms with Gasteiger partial charge < -0.3 is 14.8 Å². The predicted octanol–water partition coefficient (Wildman–Crippen LogP) is 3.42. The van der Waals surface area contributed by atoms with Crippen molar-refractivity contribution in [1.82, 2.24) is 5.32 Å². The van der Waals surface area contributed by atoms with Crippen molar-refractivity contribution in [1.29, 1.82) is 0 Å². The SMILES string of the molecule is COc1c(C2CCCCN2)cc(Br)c(F)c1OC. The Kier molecular flexibility index (Phi) is 4.45. The summed E-state index contributed by atoms with van der Waals surface area (Å²) in [5.74, 6) is 0.223. The van der Waals surface area contributed by atoms with Crippen LogP contribution >= 0.6 is 15.9 Å². The third-order valence-corrected chi connectivity index (χ3v) is 3.83. The minimum absolute atomic E-state index is 0.161. The molecule has 1 atom stereocenters. The van der Waals surface area contributed by atoms with Crippen molar-refractivity contribution in [2.24, 2.45) is 0 Å². The van der Waals surface area contributed by atoms with E-state index >= 15 is 0 Å². The maximum atomic E-state index is 13.9. The van der Waals surface area contributed by atoms with Crippen LogP contribution < -0.4 is 14.8 Å². The summed E-state index contributed by atoms with van der Waals surface area (Å²) in [5.41, 5.74) is 0.947. The van der Waals surface area contributed by atoms with Gasteiger partial charge in [-0.05, 0) is 41.4 Å². The second-order valence-corrected chi connectivity index (χ2v) is 5.18. The summed E-state index contributed by atoms with van der Waals surface area (Å²) in [6.45, 7) is 0.977. The minimum atomic E-state index is -0.422. The molecule has 0 aliphatic carbocycles. The number of piperidine rings is 1. The lowest BCUT2D eigenvalue weighted by atomic mass is 9.96. The zero-order chi connectivity index (χ0) is 13.1. The molecule has 3 nitrogen and oxygen atoms in total. The van der Waals surface area contributed by atoms with Gasteiger partial charge in [0.15, 0.2) is 17.3 Å². The van der Waals surface area contributed by atoms with E-state index < -0.39 is 5.82 Å². The van der Waals surface area contributed by atoms with Crippen molar-refractivity contribution in [3.63, 3.8) is 0 Å². The van der Waals surface area contributed by atoms with E-state index in [1.807, 2.05) is 0 Å². The number of ether oxygens (including phenoxy) is 2. The first kappa shape index (κ1) is 13.6. The molecule has 0 aromatic heterocycles. The lowest BCUT2D eigenvalue weighted by Crippen LogP contribution is -2.27. The Morgan fingerprint density at radius 2 is 2.00 bits per heavy atom. The van der Waals surface area contributed by atoms with E-state index in [1.165, 1.54) is 20.6 Å². The van der Waals surface area contributed by atoms with E-state index in [-0.39, 0.29) is 11.8 Å². The third kappa shape index (κ3) is 2.47. The van der Waals surface area contributed by atoms with E-state index in [0.717, 1.165) is 24.9 Å². The first-order chi connectivity index (χ1) is 8.69. The Morgan fingerprint density at radius 3 is 2.56 bits per heavy atom. The minimum Gasteiger partial charge on any atom is -0.492 e. The van der Waals surface area contributed by atoms with Gasteiger partial charge in [-0.1, -0.05) is 6.42 Å². The van der Waals surface area contributed by atoms with Crippen LogP contribution in [-0.4, -0.2) is 20.8 Å². The molecule has 0 amide bonds. The number of hydrogen-bond acceptors (Lipinski definition) is 3. The number of rotatable bonds is 3. The Labute approximate surface area is 115 Å².